The van der Waals surface area contributed by atoms with Crippen LogP contribution in [0.2, 0.25) is 0 Å². The predicted molar refractivity (Wildman–Crippen MR) is 564 cm³/mol. The topological polar surface area (TPSA) is 64.5 Å². The highest BCUT2D eigenvalue weighted by Crippen LogP contribution is 2.63. The van der Waals surface area contributed by atoms with Crippen LogP contribution in [0.15, 0.2) is 340 Å². The summed E-state index contributed by atoms with van der Waals surface area (Å²) in [4.78, 5) is 29.7. The second-order valence-corrected chi connectivity index (χ2v) is 41.5. The van der Waals surface area contributed by atoms with Gasteiger partial charge < -0.3 is 19.6 Å². The molecule has 0 fully saturated rings. The lowest BCUT2D eigenvalue weighted by Gasteiger charge is -2.40. The van der Waals surface area contributed by atoms with E-state index in [1.165, 1.54) is 336 Å². The van der Waals surface area contributed by atoms with Crippen LogP contribution in [0.5, 0.6) is 0 Å². The highest BCUT2D eigenvalue weighted by molar-refractivity contribution is 6.03. The molecular formula is C132H88N8. The van der Waals surface area contributed by atoms with Crippen molar-refractivity contribution in [3.8, 4) is 89.0 Å². The van der Waals surface area contributed by atoms with Crippen LogP contribution in [-0.2, 0) is 103 Å². The number of rotatable bonds is 0. The maximum absolute atomic E-state index is 4.91. The van der Waals surface area contributed by atoms with Crippen LogP contribution in [0, 0.1) is 0 Å². The number of benzene rings is 16. The van der Waals surface area contributed by atoms with Gasteiger partial charge in [0.1, 0.15) is 0 Å². The van der Waals surface area contributed by atoms with Gasteiger partial charge in [0, 0.05) is 108 Å². The SMILES string of the molecule is c1ccc2c(c1)Cc1cc3c(cc1-2)Cc1ccnc2c1N3c1c(ccc3c1Cc1ccccc1-3)C2.c1ccc2c(c1)Cc1cc3c(cc1-2)Cc1cncc2c1N3c1c(ccc3c1Cc1ccccc1-3)C2.c1ccc2c(c1)Cc1cc3c(cc1-2)Cc1nccc2c1N3c1c(ccc3c1Cc1ccccc1-3)C2.c1ccc2c(c1)Cc1cc3c(cc1-2)N1c2c(ccnc2Cc2ccc4c(c21)Cc1ccccc1-4)C3. The second kappa shape index (κ2) is 28.5. The third kappa shape index (κ3) is 10.8. The van der Waals surface area contributed by atoms with Crippen LogP contribution in [0.4, 0.5) is 68.2 Å². The van der Waals surface area contributed by atoms with Gasteiger partial charge in [0.2, 0.25) is 0 Å². The van der Waals surface area contributed by atoms with Gasteiger partial charge in [0.05, 0.1) is 85.3 Å². The molecule has 0 bridgehead atoms. The van der Waals surface area contributed by atoms with E-state index >= 15 is 0 Å². The molecule has 16 aliphatic rings. The summed E-state index contributed by atoms with van der Waals surface area (Å²) in [5.41, 5.74) is 83.8. The average Bonchev–Trinajstić information content (AvgIpc) is 1.13. The lowest BCUT2D eigenvalue weighted by molar-refractivity contribution is 0.952. The van der Waals surface area contributed by atoms with Gasteiger partial charge in [0.15, 0.2) is 0 Å². The van der Waals surface area contributed by atoms with Gasteiger partial charge >= 0.3 is 0 Å². The molecular weight excluding hydrogens is 1700 g/mol. The number of aromatic nitrogens is 4. The molecule has 36 rings (SSSR count). The summed E-state index contributed by atoms with van der Waals surface area (Å²) in [6.07, 6.45) is 25.8. The van der Waals surface area contributed by atoms with Gasteiger partial charge in [-0.05, 0) is 337 Å². The molecule has 8 aliphatic heterocycles. The van der Waals surface area contributed by atoms with Gasteiger partial charge in [-0.15, -0.1) is 0 Å². The fraction of sp³-hybridized carbons (Fsp3) is 0.121. The molecule has 0 radical (unpaired) electrons. The molecule has 4 aromatic heterocycles. The Balaban J connectivity index is 0.0000000829. The minimum Gasteiger partial charge on any atom is -0.309 e. The van der Waals surface area contributed by atoms with Crippen molar-refractivity contribution in [3.63, 3.8) is 0 Å². The first kappa shape index (κ1) is 76.5. The van der Waals surface area contributed by atoms with E-state index in [2.05, 4.69) is 346 Å². The molecule has 656 valence electrons. The summed E-state index contributed by atoms with van der Waals surface area (Å²) >= 11 is 0. The van der Waals surface area contributed by atoms with Crippen molar-refractivity contribution in [2.75, 3.05) is 19.6 Å². The number of fused-ring (bicyclic) bond motifs is 44. The van der Waals surface area contributed by atoms with Crippen LogP contribution >= 0.6 is 0 Å². The van der Waals surface area contributed by atoms with Gasteiger partial charge in [0.25, 0.3) is 0 Å². The Morgan fingerprint density at radius 1 is 0.143 bits per heavy atom. The van der Waals surface area contributed by atoms with E-state index in [0.29, 0.717) is 0 Å². The highest BCUT2D eigenvalue weighted by atomic mass is 15.2. The lowest BCUT2D eigenvalue weighted by Crippen LogP contribution is -2.26. The zero-order valence-corrected chi connectivity index (χ0v) is 77.2. The Kier molecular flexibility index (Phi) is 15.6. The molecule has 8 heteroatoms. The molecule has 16 aromatic carbocycles. The largest absolute Gasteiger partial charge is 0.309 e. The smallest absolute Gasteiger partial charge is 0.0716 e. The van der Waals surface area contributed by atoms with Crippen molar-refractivity contribution in [2.45, 2.75) is 103 Å². The Labute approximate surface area is 812 Å². The van der Waals surface area contributed by atoms with E-state index in [4.69, 9.17) is 15.0 Å². The summed E-state index contributed by atoms with van der Waals surface area (Å²) in [6, 6.07) is 117. The molecule has 0 saturated carbocycles. The van der Waals surface area contributed by atoms with Crippen molar-refractivity contribution in [1.82, 2.24) is 19.9 Å². The van der Waals surface area contributed by atoms with Crippen molar-refractivity contribution in [2.24, 2.45) is 0 Å². The maximum Gasteiger partial charge on any atom is 0.0716 e. The van der Waals surface area contributed by atoms with Gasteiger partial charge in [-0.25, -0.2) is 0 Å². The molecule has 8 aliphatic carbocycles. The van der Waals surface area contributed by atoms with Crippen LogP contribution in [-0.4, -0.2) is 19.9 Å². The van der Waals surface area contributed by atoms with E-state index in [-0.39, 0.29) is 0 Å². The zero-order valence-electron chi connectivity index (χ0n) is 77.2. The first-order valence-electron chi connectivity index (χ1n) is 50.3. The van der Waals surface area contributed by atoms with Gasteiger partial charge in [-0.3, -0.25) is 19.9 Å². The van der Waals surface area contributed by atoms with Crippen molar-refractivity contribution >= 4 is 68.2 Å². The van der Waals surface area contributed by atoms with E-state index in [9.17, 15) is 0 Å². The zero-order chi connectivity index (χ0) is 90.7. The third-order valence-electron chi connectivity index (χ3n) is 34.2. The lowest BCUT2D eigenvalue weighted by atomic mass is 9.84. The molecule has 0 saturated heterocycles. The normalized spacial score (nSPS) is 14.9. The first-order chi connectivity index (χ1) is 69.3. The molecule has 12 heterocycles. The van der Waals surface area contributed by atoms with Gasteiger partial charge in [-0.2, -0.15) is 0 Å². The quantitative estimate of drug-likeness (QED) is 0.149. The average molecular weight is 1790 g/mol. The molecule has 0 unspecified atom stereocenters. The molecule has 0 amide bonds. The Morgan fingerprint density at radius 2 is 0.371 bits per heavy atom. The fourth-order valence-corrected chi connectivity index (χ4v) is 28.3. The number of hydrogen-bond acceptors (Lipinski definition) is 8. The van der Waals surface area contributed by atoms with Crippen molar-refractivity contribution in [3.05, 3.63) is 519 Å². The third-order valence-corrected chi connectivity index (χ3v) is 34.2. The van der Waals surface area contributed by atoms with E-state index in [0.717, 1.165) is 103 Å². The standard InChI is InChI=1S/4C33H22N2/c1-4-8-27-19(5-1)11-22-16-31-23(15-29(22)27)13-25-18-34-17-24-12-21-9-10-28-26-7-3-2-6-20(26)14-30(28)33(21)35(31)32(24)25;1-4-8-26-19(5-1)13-23-15-24-14-22-11-12-34-30-17-21-9-10-27-25-7-3-2-6-20(25)16-29(27)32(21)35(33(22)30)31(24)18-28(23)26;1-4-8-26-19(5-1)13-23-18-31-24(16-28(23)26)14-22-11-12-34-30-17-21-9-10-27-25-7-3-2-6-20(25)15-29(27)32(21)35(31)33(22)30;1-4-8-26-19(5-1)13-23-18-31-24(16-28(23)26)17-30-33-22(11-12-34-30)14-21-9-10-27-25-7-3-2-6-20(25)15-29(27)32(21)35(31)33/h1-10,15-18H,11-14H2;1-12,15,18H,13-14,16-17H2;2*1-12,16,18H,13-15,17H2. The van der Waals surface area contributed by atoms with E-state index in [1.807, 2.05) is 18.6 Å². The summed E-state index contributed by atoms with van der Waals surface area (Å²) in [7, 11) is 0. The number of hydrogen-bond donors (Lipinski definition) is 0. The minimum absolute atomic E-state index is 0.898. The van der Waals surface area contributed by atoms with Crippen molar-refractivity contribution in [1.29, 1.82) is 0 Å². The number of anilines is 12. The summed E-state index contributed by atoms with van der Waals surface area (Å²) in [5, 5.41) is 0. The first-order valence-corrected chi connectivity index (χ1v) is 50.3. The summed E-state index contributed by atoms with van der Waals surface area (Å²) < 4.78 is 0. The Bertz CT molecular complexity index is 8510. The molecule has 0 N–H and O–H groups in total. The molecule has 140 heavy (non-hydrogen) atoms. The molecule has 0 atom stereocenters. The molecule has 8 nitrogen and oxygen atoms in total. The monoisotopic (exact) mass is 1780 g/mol. The maximum atomic E-state index is 4.91. The number of pyridine rings is 4. The van der Waals surface area contributed by atoms with Crippen molar-refractivity contribution < 1.29 is 0 Å². The van der Waals surface area contributed by atoms with Crippen LogP contribution < -0.4 is 19.6 Å². The van der Waals surface area contributed by atoms with E-state index < -0.39 is 0 Å². The summed E-state index contributed by atoms with van der Waals surface area (Å²) in [6.45, 7) is 0. The van der Waals surface area contributed by atoms with Crippen LogP contribution in [0.25, 0.3) is 89.0 Å². The van der Waals surface area contributed by atoms with Crippen LogP contribution in [0.1, 0.15) is 178 Å². The minimum atomic E-state index is 0.898. The fourth-order valence-electron chi connectivity index (χ4n) is 28.3. The highest BCUT2D eigenvalue weighted by Gasteiger charge is 2.45. The summed E-state index contributed by atoms with van der Waals surface area (Å²) in [5.74, 6) is 0. The molecule has 0 spiro atoms. The molecule has 20 aromatic rings. The van der Waals surface area contributed by atoms with Crippen LogP contribution in [0.3, 0.4) is 0 Å². The predicted octanol–water partition coefficient (Wildman–Crippen LogP) is 30.0. The Hall–Kier alpha value is -16.7. The number of nitrogens with zero attached hydrogens (tertiary/aromatic N) is 8. The second-order valence-electron chi connectivity index (χ2n) is 41.5. The van der Waals surface area contributed by atoms with E-state index in [1.54, 1.807) is 0 Å². The van der Waals surface area contributed by atoms with Gasteiger partial charge in [-0.1, -0.05) is 249 Å². The Morgan fingerprint density at radius 3 is 0.714 bits per heavy atom.